The number of hydrogen-bond acceptors (Lipinski definition) is 3. The molecule has 19 heavy (non-hydrogen) atoms. The van der Waals surface area contributed by atoms with Crippen LogP contribution in [0.3, 0.4) is 0 Å². The molecule has 1 aromatic carbocycles. The second-order valence-corrected chi connectivity index (χ2v) is 5.06. The molecule has 0 amide bonds. The molecule has 106 valence electrons. The first kappa shape index (κ1) is 14.2. The van der Waals surface area contributed by atoms with E-state index in [4.69, 9.17) is 9.47 Å². The lowest BCUT2D eigenvalue weighted by Crippen LogP contribution is -2.29. The summed E-state index contributed by atoms with van der Waals surface area (Å²) in [5.74, 6) is 1.78. The Kier molecular flexibility index (Phi) is 5.52. The van der Waals surface area contributed by atoms with E-state index >= 15 is 0 Å². The van der Waals surface area contributed by atoms with Crippen molar-refractivity contribution in [2.24, 2.45) is 0 Å². The second-order valence-electron chi connectivity index (χ2n) is 5.06. The predicted molar refractivity (Wildman–Crippen MR) is 78.1 cm³/mol. The first-order chi connectivity index (χ1) is 9.33. The van der Waals surface area contributed by atoms with Gasteiger partial charge in [0.1, 0.15) is 13.2 Å². The summed E-state index contributed by atoms with van der Waals surface area (Å²) in [6.07, 6.45) is 4.76. The fourth-order valence-corrected chi connectivity index (χ4v) is 2.57. The van der Waals surface area contributed by atoms with Crippen LogP contribution in [-0.4, -0.2) is 25.8 Å². The molecular weight excluding hydrogens is 238 g/mol. The summed E-state index contributed by atoms with van der Waals surface area (Å²) < 4.78 is 11.2. The van der Waals surface area contributed by atoms with Crippen LogP contribution in [0.5, 0.6) is 11.5 Å². The molecule has 0 bridgehead atoms. The van der Waals surface area contributed by atoms with Crippen molar-refractivity contribution in [3.63, 3.8) is 0 Å². The van der Waals surface area contributed by atoms with E-state index in [2.05, 4.69) is 31.3 Å². The highest BCUT2D eigenvalue weighted by Gasteiger charge is 2.12. The van der Waals surface area contributed by atoms with Gasteiger partial charge in [0.15, 0.2) is 11.5 Å². The predicted octanol–water partition coefficient (Wildman–Crippen LogP) is 3.17. The molecule has 0 spiro atoms. The van der Waals surface area contributed by atoms with E-state index in [1.807, 2.05) is 6.07 Å². The fraction of sp³-hybridized carbons (Fsp3) is 0.625. The van der Waals surface area contributed by atoms with E-state index in [0.717, 1.165) is 24.5 Å². The molecule has 0 aliphatic carbocycles. The van der Waals surface area contributed by atoms with Crippen LogP contribution in [0.1, 0.15) is 38.7 Å². The van der Waals surface area contributed by atoms with Crippen LogP contribution < -0.4 is 14.8 Å². The largest absolute Gasteiger partial charge is 0.486 e. The minimum atomic E-state index is 0.628. The van der Waals surface area contributed by atoms with Gasteiger partial charge < -0.3 is 14.8 Å². The van der Waals surface area contributed by atoms with Gasteiger partial charge in [-0.3, -0.25) is 0 Å². The van der Waals surface area contributed by atoms with Crippen LogP contribution in [0.15, 0.2) is 18.2 Å². The van der Waals surface area contributed by atoms with Gasteiger partial charge >= 0.3 is 0 Å². The summed E-state index contributed by atoms with van der Waals surface area (Å²) >= 11 is 0. The van der Waals surface area contributed by atoms with Gasteiger partial charge in [-0.25, -0.2) is 0 Å². The molecule has 0 saturated heterocycles. The van der Waals surface area contributed by atoms with Crippen LogP contribution in [0.4, 0.5) is 0 Å². The van der Waals surface area contributed by atoms with Crippen LogP contribution in [-0.2, 0) is 6.42 Å². The van der Waals surface area contributed by atoms with E-state index in [1.165, 1.54) is 24.8 Å². The Balaban J connectivity index is 1.91. The van der Waals surface area contributed by atoms with Crippen molar-refractivity contribution in [3.05, 3.63) is 23.8 Å². The van der Waals surface area contributed by atoms with Gasteiger partial charge in [-0.05, 0) is 43.5 Å². The highest BCUT2D eigenvalue weighted by atomic mass is 16.6. The summed E-state index contributed by atoms with van der Waals surface area (Å²) in [6.45, 7) is 6.78. The smallest absolute Gasteiger partial charge is 0.161 e. The Bertz CT molecular complexity index is 386. The number of nitrogens with one attached hydrogen (secondary N) is 1. The summed E-state index contributed by atoms with van der Waals surface area (Å²) in [5, 5.41) is 3.56. The van der Waals surface area contributed by atoms with Gasteiger partial charge in [-0.15, -0.1) is 0 Å². The Labute approximate surface area is 116 Å². The molecule has 0 aromatic heterocycles. The van der Waals surface area contributed by atoms with Crippen molar-refractivity contribution in [1.29, 1.82) is 0 Å². The minimum absolute atomic E-state index is 0.628. The zero-order valence-electron chi connectivity index (χ0n) is 12.1. The molecule has 1 N–H and O–H groups in total. The summed E-state index contributed by atoms with van der Waals surface area (Å²) in [7, 11) is 0. The topological polar surface area (TPSA) is 30.5 Å². The Morgan fingerprint density at radius 1 is 1.11 bits per heavy atom. The van der Waals surface area contributed by atoms with Crippen LogP contribution in [0.25, 0.3) is 0 Å². The summed E-state index contributed by atoms with van der Waals surface area (Å²) in [4.78, 5) is 0. The third-order valence-corrected chi connectivity index (χ3v) is 3.52. The van der Waals surface area contributed by atoms with Crippen LogP contribution in [0, 0.1) is 0 Å². The molecule has 1 aromatic rings. The number of aryl methyl sites for hydroxylation is 1. The maximum absolute atomic E-state index is 5.63. The molecular formula is C16H25NO2. The lowest BCUT2D eigenvalue weighted by molar-refractivity contribution is 0.171. The molecule has 3 nitrogen and oxygen atoms in total. The monoisotopic (exact) mass is 263 g/mol. The molecule has 0 fully saturated rings. The van der Waals surface area contributed by atoms with Gasteiger partial charge in [-0.2, -0.15) is 0 Å². The first-order valence-corrected chi connectivity index (χ1v) is 7.45. The highest BCUT2D eigenvalue weighted by molar-refractivity contribution is 5.43. The lowest BCUT2D eigenvalue weighted by Gasteiger charge is -2.20. The van der Waals surface area contributed by atoms with Crippen LogP contribution >= 0.6 is 0 Å². The number of rotatable bonds is 7. The maximum Gasteiger partial charge on any atom is 0.161 e. The third kappa shape index (κ3) is 4.13. The molecule has 1 atom stereocenters. The Hall–Kier alpha value is -1.22. The standard InChI is InChI=1S/C16H25NO2/c1-3-5-14(17-4-2)8-6-13-7-9-15-16(12-13)19-11-10-18-15/h7,9,12,14,17H,3-6,8,10-11H2,1-2H3. The van der Waals surface area contributed by atoms with Crippen molar-refractivity contribution in [3.8, 4) is 11.5 Å². The lowest BCUT2D eigenvalue weighted by atomic mass is 10.0. The van der Waals surface area contributed by atoms with E-state index in [1.54, 1.807) is 0 Å². The van der Waals surface area contributed by atoms with E-state index in [-0.39, 0.29) is 0 Å². The highest BCUT2D eigenvalue weighted by Crippen LogP contribution is 2.31. The number of fused-ring (bicyclic) bond motifs is 1. The molecule has 1 heterocycles. The average Bonchev–Trinajstić information content (AvgIpc) is 2.45. The molecule has 3 heteroatoms. The van der Waals surface area contributed by atoms with Crippen molar-refractivity contribution in [1.82, 2.24) is 5.32 Å². The van der Waals surface area contributed by atoms with Crippen molar-refractivity contribution in [2.75, 3.05) is 19.8 Å². The maximum atomic E-state index is 5.63. The van der Waals surface area contributed by atoms with Gasteiger partial charge in [-0.1, -0.05) is 26.3 Å². The van der Waals surface area contributed by atoms with Crippen molar-refractivity contribution < 1.29 is 9.47 Å². The van der Waals surface area contributed by atoms with Crippen LogP contribution in [0.2, 0.25) is 0 Å². The van der Waals surface area contributed by atoms with Gasteiger partial charge in [0.2, 0.25) is 0 Å². The summed E-state index contributed by atoms with van der Waals surface area (Å²) in [5.41, 5.74) is 1.34. The molecule has 1 unspecified atom stereocenters. The molecule has 1 aliphatic heterocycles. The number of ether oxygens (including phenoxy) is 2. The normalized spacial score (nSPS) is 15.3. The quantitative estimate of drug-likeness (QED) is 0.819. The van der Waals surface area contributed by atoms with Gasteiger partial charge in [0.05, 0.1) is 0 Å². The molecule has 1 aliphatic rings. The Morgan fingerprint density at radius 2 is 1.89 bits per heavy atom. The van der Waals surface area contributed by atoms with E-state index < -0.39 is 0 Å². The number of benzene rings is 1. The fourth-order valence-electron chi connectivity index (χ4n) is 2.57. The van der Waals surface area contributed by atoms with E-state index in [0.29, 0.717) is 19.3 Å². The molecule has 0 radical (unpaired) electrons. The van der Waals surface area contributed by atoms with Gasteiger partial charge in [0, 0.05) is 6.04 Å². The molecule has 0 saturated carbocycles. The van der Waals surface area contributed by atoms with Gasteiger partial charge in [0.25, 0.3) is 0 Å². The Morgan fingerprint density at radius 3 is 2.63 bits per heavy atom. The zero-order valence-corrected chi connectivity index (χ0v) is 12.1. The average molecular weight is 263 g/mol. The van der Waals surface area contributed by atoms with E-state index in [9.17, 15) is 0 Å². The minimum Gasteiger partial charge on any atom is -0.486 e. The first-order valence-electron chi connectivity index (χ1n) is 7.45. The summed E-state index contributed by atoms with van der Waals surface area (Å²) in [6, 6.07) is 6.95. The van der Waals surface area contributed by atoms with Crippen molar-refractivity contribution in [2.45, 2.75) is 45.6 Å². The van der Waals surface area contributed by atoms with Crippen molar-refractivity contribution >= 4 is 0 Å². The molecule has 2 rings (SSSR count). The third-order valence-electron chi connectivity index (χ3n) is 3.52. The second kappa shape index (κ2) is 7.39. The SMILES string of the molecule is CCCC(CCc1ccc2c(c1)OCCO2)NCC. The zero-order chi connectivity index (χ0) is 13.5. The number of hydrogen-bond donors (Lipinski definition) is 1.